The normalized spacial score (nSPS) is 31.9. The number of aryl methyl sites for hydroxylation is 1. The van der Waals surface area contributed by atoms with Crippen molar-refractivity contribution in [1.29, 1.82) is 0 Å². The summed E-state index contributed by atoms with van der Waals surface area (Å²) in [7, 11) is 0. The first-order chi connectivity index (χ1) is 8.76. The zero-order valence-corrected chi connectivity index (χ0v) is 11.0. The lowest BCUT2D eigenvalue weighted by molar-refractivity contribution is -0.0312. The van der Waals surface area contributed by atoms with Gasteiger partial charge >= 0.3 is 0 Å². The van der Waals surface area contributed by atoms with Crippen LogP contribution in [0.3, 0.4) is 0 Å². The van der Waals surface area contributed by atoms with Crippen molar-refractivity contribution < 1.29 is 13.7 Å². The van der Waals surface area contributed by atoms with E-state index in [-0.39, 0.29) is 12.1 Å². The lowest BCUT2D eigenvalue weighted by Crippen LogP contribution is -2.37. The summed E-state index contributed by atoms with van der Waals surface area (Å²) >= 11 is 1.52. The van der Waals surface area contributed by atoms with E-state index in [1.54, 1.807) is 0 Å². The van der Waals surface area contributed by atoms with Crippen LogP contribution in [0, 0.1) is 12.8 Å². The van der Waals surface area contributed by atoms with E-state index in [4.69, 9.17) is 9.26 Å². The summed E-state index contributed by atoms with van der Waals surface area (Å²) in [5, 5.41) is 4.49. The monoisotopic (exact) mass is 270 g/mol. The quantitative estimate of drug-likeness (QED) is 0.828. The third-order valence-electron chi connectivity index (χ3n) is 3.38. The summed E-state index contributed by atoms with van der Waals surface area (Å²) in [5.74, 6) is 2.14. The van der Waals surface area contributed by atoms with Crippen LogP contribution in [0.15, 0.2) is 15.6 Å². The molecule has 0 aliphatic carbocycles. The van der Waals surface area contributed by atoms with E-state index in [0.29, 0.717) is 17.6 Å². The van der Waals surface area contributed by atoms with Crippen molar-refractivity contribution in [2.75, 3.05) is 19.0 Å². The van der Waals surface area contributed by atoms with Crippen LogP contribution in [-0.4, -0.2) is 35.3 Å². The molecule has 1 saturated heterocycles. The van der Waals surface area contributed by atoms with Crippen molar-refractivity contribution in [1.82, 2.24) is 5.16 Å². The average Bonchev–Trinajstić information content (AvgIpc) is 2.84. The molecule has 1 aromatic heterocycles. The van der Waals surface area contributed by atoms with E-state index in [1.807, 2.05) is 13.0 Å². The fourth-order valence-electron chi connectivity index (χ4n) is 2.40. The molecule has 0 saturated carbocycles. The first kappa shape index (κ1) is 12.2. The van der Waals surface area contributed by atoms with Gasteiger partial charge in [0.05, 0.1) is 23.4 Å². The molecule has 3 unspecified atom stereocenters. The van der Waals surface area contributed by atoms with Gasteiger partial charge in [0, 0.05) is 11.8 Å². The fraction of sp³-hybridized carbons (Fsp3) is 0.667. The Bertz CT molecular complexity index is 463. The van der Waals surface area contributed by atoms with E-state index in [0.717, 1.165) is 23.6 Å². The van der Waals surface area contributed by atoms with Crippen LogP contribution in [0.4, 0.5) is 4.39 Å². The molecule has 2 aliphatic rings. The van der Waals surface area contributed by atoms with Gasteiger partial charge < -0.3 is 9.26 Å². The number of hydrogen-bond donors (Lipinski definition) is 0. The number of fused-ring (bicyclic) bond motifs is 1. The summed E-state index contributed by atoms with van der Waals surface area (Å²) in [4.78, 5) is 4.39. The number of rotatable bonds is 2. The largest absolute Gasteiger partial charge is 0.368 e. The number of aromatic nitrogens is 1. The summed E-state index contributed by atoms with van der Waals surface area (Å²) in [6.45, 7) is 1.98. The Balaban J connectivity index is 1.70. The molecular formula is C12H15FN2O2S. The van der Waals surface area contributed by atoms with Crippen LogP contribution in [0.2, 0.25) is 0 Å². The zero-order valence-electron chi connectivity index (χ0n) is 10.1. The predicted molar refractivity (Wildman–Crippen MR) is 67.7 cm³/mol. The molecule has 1 fully saturated rings. The van der Waals surface area contributed by atoms with E-state index in [1.165, 1.54) is 11.8 Å². The van der Waals surface area contributed by atoms with Gasteiger partial charge in [0.15, 0.2) is 5.76 Å². The van der Waals surface area contributed by atoms with Crippen molar-refractivity contribution >= 4 is 16.8 Å². The van der Waals surface area contributed by atoms with E-state index in [2.05, 4.69) is 10.1 Å². The van der Waals surface area contributed by atoms with Crippen LogP contribution < -0.4 is 0 Å². The Morgan fingerprint density at radius 2 is 2.44 bits per heavy atom. The molecule has 0 bridgehead atoms. The molecule has 3 heterocycles. The van der Waals surface area contributed by atoms with Gasteiger partial charge in [0.25, 0.3) is 0 Å². The minimum absolute atomic E-state index is 0.0322. The topological polar surface area (TPSA) is 47.6 Å². The van der Waals surface area contributed by atoms with Gasteiger partial charge in [-0.2, -0.15) is 0 Å². The molecule has 3 rings (SSSR count). The van der Waals surface area contributed by atoms with Crippen molar-refractivity contribution in [3.63, 3.8) is 0 Å². The standard InChI is InChI=1S/C12H15FN2O2S/c1-7-2-11(17-15-7)10-3-8-6-18-12(4-13)14-9(8)5-16-10/h2,8-10H,3-6H2,1H3. The van der Waals surface area contributed by atoms with Gasteiger partial charge in [-0.3, -0.25) is 4.99 Å². The molecule has 0 spiro atoms. The molecule has 0 amide bonds. The molecule has 4 nitrogen and oxygen atoms in total. The molecule has 1 aromatic rings. The Hall–Kier alpha value is -0.880. The van der Waals surface area contributed by atoms with Crippen molar-refractivity contribution in [3.8, 4) is 0 Å². The Morgan fingerprint density at radius 3 is 3.17 bits per heavy atom. The minimum atomic E-state index is -0.460. The molecule has 0 N–H and O–H groups in total. The molecule has 6 heteroatoms. The van der Waals surface area contributed by atoms with Crippen molar-refractivity contribution in [3.05, 3.63) is 17.5 Å². The molecular weight excluding hydrogens is 255 g/mol. The number of aliphatic imine (C=N–C) groups is 1. The molecule has 3 atom stereocenters. The highest BCUT2D eigenvalue weighted by atomic mass is 32.2. The van der Waals surface area contributed by atoms with Crippen LogP contribution in [0.25, 0.3) is 0 Å². The molecule has 2 aliphatic heterocycles. The lowest BCUT2D eigenvalue weighted by Gasteiger charge is -2.35. The van der Waals surface area contributed by atoms with E-state index >= 15 is 0 Å². The zero-order chi connectivity index (χ0) is 12.5. The second-order valence-electron chi connectivity index (χ2n) is 4.72. The van der Waals surface area contributed by atoms with Gasteiger partial charge in [-0.05, 0) is 19.3 Å². The number of halogens is 1. The number of hydrogen-bond acceptors (Lipinski definition) is 5. The third kappa shape index (κ3) is 2.31. The van der Waals surface area contributed by atoms with Gasteiger partial charge in [0.2, 0.25) is 0 Å². The fourth-order valence-corrected chi connectivity index (χ4v) is 3.46. The maximum Gasteiger partial charge on any atom is 0.165 e. The Labute approximate surface area is 109 Å². The average molecular weight is 270 g/mol. The van der Waals surface area contributed by atoms with Crippen molar-refractivity contribution in [2.45, 2.75) is 25.5 Å². The third-order valence-corrected chi connectivity index (χ3v) is 4.52. The van der Waals surface area contributed by atoms with Gasteiger partial charge in [0.1, 0.15) is 12.8 Å². The predicted octanol–water partition coefficient (Wildman–Crippen LogP) is 2.54. The first-order valence-electron chi connectivity index (χ1n) is 6.06. The lowest BCUT2D eigenvalue weighted by atomic mass is 9.92. The van der Waals surface area contributed by atoms with Crippen LogP contribution in [-0.2, 0) is 4.74 Å². The molecule has 0 radical (unpaired) electrons. The van der Waals surface area contributed by atoms with Crippen LogP contribution >= 0.6 is 11.8 Å². The summed E-state index contributed by atoms with van der Waals surface area (Å²) in [5.41, 5.74) is 0.867. The highest BCUT2D eigenvalue weighted by molar-refractivity contribution is 8.14. The highest BCUT2D eigenvalue weighted by Crippen LogP contribution is 2.37. The number of nitrogens with zero attached hydrogens (tertiary/aromatic N) is 2. The number of ether oxygens (including phenoxy) is 1. The van der Waals surface area contributed by atoms with Gasteiger partial charge in [-0.15, -0.1) is 11.8 Å². The summed E-state index contributed by atoms with van der Waals surface area (Å²) in [6.07, 6.45) is 0.838. The number of thioether (sulfide) groups is 1. The maximum atomic E-state index is 12.6. The van der Waals surface area contributed by atoms with Crippen molar-refractivity contribution in [2.24, 2.45) is 10.9 Å². The molecule has 0 aromatic carbocycles. The first-order valence-corrected chi connectivity index (χ1v) is 7.05. The van der Waals surface area contributed by atoms with Crippen LogP contribution in [0.1, 0.15) is 24.0 Å². The van der Waals surface area contributed by atoms with Gasteiger partial charge in [-0.1, -0.05) is 5.16 Å². The molecule has 18 heavy (non-hydrogen) atoms. The van der Waals surface area contributed by atoms with Crippen LogP contribution in [0.5, 0.6) is 0 Å². The smallest absolute Gasteiger partial charge is 0.165 e. The Morgan fingerprint density at radius 1 is 1.56 bits per heavy atom. The second kappa shape index (κ2) is 5.01. The SMILES string of the molecule is Cc1cc(C2CC3CSC(CF)=NC3CO2)on1. The number of alkyl halides is 1. The molecule has 98 valence electrons. The Kier molecular flexibility index (Phi) is 3.39. The highest BCUT2D eigenvalue weighted by Gasteiger charge is 2.36. The maximum absolute atomic E-state index is 12.6. The van der Waals surface area contributed by atoms with Gasteiger partial charge in [-0.25, -0.2) is 4.39 Å². The minimum Gasteiger partial charge on any atom is -0.368 e. The second-order valence-corrected chi connectivity index (χ2v) is 5.82. The van der Waals surface area contributed by atoms with E-state index < -0.39 is 6.67 Å². The van der Waals surface area contributed by atoms with E-state index in [9.17, 15) is 4.39 Å². The summed E-state index contributed by atoms with van der Waals surface area (Å²) < 4.78 is 23.6. The summed E-state index contributed by atoms with van der Waals surface area (Å²) in [6, 6.07) is 2.02.